The Kier molecular flexibility index (Phi) is 3.96. The van der Waals surface area contributed by atoms with E-state index in [2.05, 4.69) is 19.8 Å². The van der Waals surface area contributed by atoms with Gasteiger partial charge in [0.05, 0.1) is 4.90 Å². The minimum Gasteiger partial charge on any atom is -0.293 e. The van der Waals surface area contributed by atoms with E-state index < -0.39 is 9.84 Å². The second-order valence-electron chi connectivity index (χ2n) is 7.44. The molecule has 0 heterocycles. The van der Waals surface area contributed by atoms with Gasteiger partial charge in [0.25, 0.3) is 0 Å². The molecule has 4 rings (SSSR count). The Morgan fingerprint density at radius 3 is 2.42 bits per heavy atom. The summed E-state index contributed by atoms with van der Waals surface area (Å²) in [4.78, 5) is 13.2. The van der Waals surface area contributed by atoms with Crippen molar-refractivity contribution in [2.24, 2.45) is 23.2 Å². The van der Waals surface area contributed by atoms with Gasteiger partial charge >= 0.3 is 0 Å². The van der Waals surface area contributed by atoms with Gasteiger partial charge in [-0.15, -0.1) is 12.3 Å². The summed E-state index contributed by atoms with van der Waals surface area (Å²) < 4.78 is 26.3. The number of hydrogen-bond donors (Lipinski definition) is 0. The smallest absolute Gasteiger partial charge is 0.210 e. The molecule has 3 nitrogen and oxygen atoms in total. The van der Waals surface area contributed by atoms with Gasteiger partial charge in [-0.3, -0.25) is 4.79 Å². The number of rotatable bonds is 4. The summed E-state index contributed by atoms with van der Waals surface area (Å²) in [5.74, 6) is 2.17. The number of carbonyl (C=O) groups excluding carboxylic acids is 1. The topological polar surface area (TPSA) is 51.2 Å². The summed E-state index contributed by atoms with van der Waals surface area (Å²) in [6, 6.07) is 8.21. The molecule has 1 saturated carbocycles. The van der Waals surface area contributed by atoms with E-state index in [0.29, 0.717) is 6.42 Å². The highest BCUT2D eigenvalue weighted by atomic mass is 32.2. The molecule has 2 bridgehead atoms. The number of terminal acetylenes is 1. The van der Waals surface area contributed by atoms with Crippen LogP contribution in [0.3, 0.4) is 0 Å². The highest BCUT2D eigenvalue weighted by Crippen LogP contribution is 2.62. The molecule has 1 aromatic carbocycles. The Morgan fingerprint density at radius 2 is 1.88 bits per heavy atom. The summed E-state index contributed by atoms with van der Waals surface area (Å²) >= 11 is 0. The predicted octanol–water partition coefficient (Wildman–Crippen LogP) is 3.62. The minimum absolute atomic E-state index is 0.0111. The Hall–Kier alpha value is -1.86. The lowest BCUT2D eigenvalue weighted by Crippen LogP contribution is -2.55. The highest BCUT2D eigenvalue weighted by molar-refractivity contribution is 7.96. The lowest BCUT2D eigenvalue weighted by molar-refractivity contribution is -0.135. The number of hydrogen-bond acceptors (Lipinski definition) is 3. The Balaban J connectivity index is 2.23. The summed E-state index contributed by atoms with van der Waals surface area (Å²) in [5.41, 5.74) is 0.555. The van der Waals surface area contributed by atoms with E-state index in [-0.39, 0.29) is 38.8 Å². The van der Waals surface area contributed by atoms with Crippen molar-refractivity contribution in [1.29, 1.82) is 0 Å². The maximum atomic E-state index is 13.2. The molecule has 1 aromatic rings. The number of Topliss-reactive ketones (excluding diaryl/α,β-unsaturated/α-hetero) is 1. The van der Waals surface area contributed by atoms with Gasteiger partial charge in [-0.1, -0.05) is 39.0 Å². The molecule has 0 N–H and O–H groups in total. The first-order chi connectivity index (χ1) is 11.2. The van der Waals surface area contributed by atoms with E-state index in [1.54, 1.807) is 30.3 Å². The van der Waals surface area contributed by atoms with Crippen LogP contribution in [0.5, 0.6) is 0 Å². The SMILES string of the molecule is C#CC[C@@H](C)C1=C(S(=O)(=O)c2ccccc2)C(=O)[C@@H]2C[C@H]1C2(C)C. The lowest BCUT2D eigenvalue weighted by atomic mass is 9.47. The van der Waals surface area contributed by atoms with E-state index in [4.69, 9.17) is 6.42 Å². The molecule has 0 aromatic heterocycles. The second-order valence-corrected chi connectivity index (χ2v) is 9.32. The fraction of sp³-hybridized carbons (Fsp3) is 0.450. The van der Waals surface area contributed by atoms with E-state index in [0.717, 1.165) is 12.0 Å². The fourth-order valence-corrected chi connectivity index (χ4v) is 6.03. The fourth-order valence-electron chi connectivity index (χ4n) is 4.22. The molecule has 0 amide bonds. The average molecular weight is 342 g/mol. The molecule has 24 heavy (non-hydrogen) atoms. The van der Waals surface area contributed by atoms with Gasteiger partial charge in [-0.05, 0) is 41.4 Å². The number of sulfone groups is 1. The second kappa shape index (κ2) is 5.60. The molecule has 4 heteroatoms. The Labute approximate surface area is 144 Å². The van der Waals surface area contributed by atoms with Crippen molar-refractivity contribution in [2.75, 3.05) is 0 Å². The van der Waals surface area contributed by atoms with Gasteiger partial charge in [0.15, 0.2) is 5.78 Å². The zero-order valence-corrected chi connectivity index (χ0v) is 15.1. The van der Waals surface area contributed by atoms with Crippen LogP contribution in [0.2, 0.25) is 0 Å². The molecule has 0 radical (unpaired) electrons. The van der Waals surface area contributed by atoms with Crippen molar-refractivity contribution in [3.05, 3.63) is 40.8 Å². The van der Waals surface area contributed by atoms with Crippen molar-refractivity contribution >= 4 is 15.6 Å². The van der Waals surface area contributed by atoms with Crippen LogP contribution in [-0.2, 0) is 14.6 Å². The third kappa shape index (κ3) is 2.26. The number of benzene rings is 1. The number of ketones is 1. The van der Waals surface area contributed by atoms with Crippen molar-refractivity contribution in [3.8, 4) is 12.3 Å². The van der Waals surface area contributed by atoms with Gasteiger partial charge in [0, 0.05) is 12.3 Å². The first-order valence-corrected chi connectivity index (χ1v) is 9.73. The molecular weight excluding hydrogens is 320 g/mol. The lowest BCUT2D eigenvalue weighted by Gasteiger charge is -2.57. The van der Waals surface area contributed by atoms with Crippen LogP contribution in [0, 0.1) is 35.5 Å². The number of carbonyl (C=O) groups is 1. The van der Waals surface area contributed by atoms with E-state index in [9.17, 15) is 13.2 Å². The van der Waals surface area contributed by atoms with E-state index in [1.165, 1.54) is 0 Å². The quantitative estimate of drug-likeness (QED) is 0.785. The van der Waals surface area contributed by atoms with Crippen molar-refractivity contribution in [3.63, 3.8) is 0 Å². The van der Waals surface area contributed by atoms with Crippen LogP contribution < -0.4 is 0 Å². The van der Waals surface area contributed by atoms with E-state index >= 15 is 0 Å². The first-order valence-electron chi connectivity index (χ1n) is 8.24. The zero-order chi connectivity index (χ0) is 17.7. The summed E-state index contributed by atoms with van der Waals surface area (Å²) in [6.07, 6.45) is 6.63. The maximum absolute atomic E-state index is 13.2. The first kappa shape index (κ1) is 17.0. The molecule has 3 aliphatic rings. The van der Waals surface area contributed by atoms with Crippen LogP contribution >= 0.6 is 0 Å². The van der Waals surface area contributed by atoms with Crippen molar-refractivity contribution in [1.82, 2.24) is 0 Å². The zero-order valence-electron chi connectivity index (χ0n) is 14.2. The monoisotopic (exact) mass is 342 g/mol. The molecule has 0 spiro atoms. The van der Waals surface area contributed by atoms with Crippen LogP contribution in [-0.4, -0.2) is 14.2 Å². The molecule has 0 unspecified atom stereocenters. The van der Waals surface area contributed by atoms with Crippen LogP contribution in [0.1, 0.15) is 33.6 Å². The third-order valence-electron chi connectivity index (χ3n) is 5.72. The van der Waals surface area contributed by atoms with Gasteiger partial charge in [-0.25, -0.2) is 8.42 Å². The van der Waals surface area contributed by atoms with Crippen LogP contribution in [0.25, 0.3) is 0 Å². The summed E-state index contributed by atoms with van der Waals surface area (Å²) in [7, 11) is -3.81. The predicted molar refractivity (Wildman–Crippen MR) is 93.7 cm³/mol. The normalized spacial score (nSPS) is 26.5. The summed E-state index contributed by atoms with van der Waals surface area (Å²) in [5, 5.41) is 0. The molecule has 0 aliphatic heterocycles. The Bertz CT molecular complexity index is 854. The van der Waals surface area contributed by atoms with Gasteiger partial charge in [0.1, 0.15) is 4.91 Å². The summed E-state index contributed by atoms with van der Waals surface area (Å²) in [6.45, 7) is 6.04. The molecule has 3 aliphatic carbocycles. The molecule has 126 valence electrons. The van der Waals surface area contributed by atoms with Gasteiger partial charge in [0.2, 0.25) is 9.84 Å². The molecule has 0 saturated heterocycles. The Morgan fingerprint density at radius 1 is 1.25 bits per heavy atom. The number of fused-ring (bicyclic) bond motifs is 1. The van der Waals surface area contributed by atoms with Gasteiger partial charge in [-0.2, -0.15) is 0 Å². The molecule has 3 atom stereocenters. The third-order valence-corrected chi connectivity index (χ3v) is 7.59. The minimum atomic E-state index is -3.81. The largest absolute Gasteiger partial charge is 0.293 e. The highest BCUT2D eigenvalue weighted by Gasteiger charge is 2.60. The average Bonchev–Trinajstić information content (AvgIpc) is 2.54. The van der Waals surface area contributed by atoms with E-state index in [1.807, 2.05) is 6.92 Å². The maximum Gasteiger partial charge on any atom is 0.210 e. The van der Waals surface area contributed by atoms with Crippen molar-refractivity contribution in [2.45, 2.75) is 38.5 Å². The van der Waals surface area contributed by atoms with Crippen LogP contribution in [0.4, 0.5) is 0 Å². The standard InChI is InChI=1S/C20H22O3S/c1-5-9-13(2)17-15-12-16(20(15,3)4)18(21)19(17)24(22,23)14-10-7-6-8-11-14/h1,6-8,10-11,13,15-16H,9,12H2,2-4H3/t13-,15-,16+/m1/s1. The molecular formula is C20H22O3S. The van der Waals surface area contributed by atoms with Crippen LogP contribution in [0.15, 0.2) is 45.7 Å². The van der Waals surface area contributed by atoms with Crippen molar-refractivity contribution < 1.29 is 13.2 Å². The molecule has 1 fully saturated rings. The number of allylic oxidation sites excluding steroid dienone is 2. The van der Waals surface area contributed by atoms with Gasteiger partial charge < -0.3 is 0 Å².